The molecule has 1 amide bonds. The zero-order valence-corrected chi connectivity index (χ0v) is 9.42. The fourth-order valence-electron chi connectivity index (χ4n) is 1.56. The van der Waals surface area contributed by atoms with Crippen LogP contribution in [-0.2, 0) is 6.54 Å². The molecule has 88 valence electrons. The number of anilines is 1. The van der Waals surface area contributed by atoms with Gasteiger partial charge in [0.25, 0.3) is 5.91 Å². The Morgan fingerprint density at radius 3 is 2.82 bits per heavy atom. The van der Waals surface area contributed by atoms with Crippen molar-refractivity contribution in [3.8, 4) is 0 Å². The summed E-state index contributed by atoms with van der Waals surface area (Å²) in [6, 6.07) is 5.71. The first-order chi connectivity index (χ1) is 8.06. The zero-order valence-electron chi connectivity index (χ0n) is 9.42. The first kappa shape index (κ1) is 11.1. The number of hydrogen-bond acceptors (Lipinski definition) is 4. The van der Waals surface area contributed by atoms with Crippen LogP contribution in [0.1, 0.15) is 21.9 Å². The summed E-state index contributed by atoms with van der Waals surface area (Å²) >= 11 is 0. The molecule has 0 aliphatic carbocycles. The summed E-state index contributed by atoms with van der Waals surface area (Å²) in [4.78, 5) is 15.3. The van der Waals surface area contributed by atoms with Gasteiger partial charge in [-0.15, -0.1) is 0 Å². The normalized spacial score (nSPS) is 10.4. The Balaban J connectivity index is 2.25. The molecule has 2 aromatic rings. The van der Waals surface area contributed by atoms with E-state index in [2.05, 4.69) is 10.1 Å². The summed E-state index contributed by atoms with van der Waals surface area (Å²) < 4.78 is 1.55. The molecular formula is C11H13N5O. The van der Waals surface area contributed by atoms with E-state index in [0.29, 0.717) is 6.54 Å². The zero-order chi connectivity index (χ0) is 12.4. The molecule has 6 nitrogen and oxygen atoms in total. The maximum atomic E-state index is 11.0. The largest absolute Gasteiger partial charge is 0.396 e. The second kappa shape index (κ2) is 4.25. The lowest BCUT2D eigenvalue weighted by molar-refractivity contribution is 0.0995. The van der Waals surface area contributed by atoms with Crippen LogP contribution in [0.2, 0.25) is 0 Å². The number of aromatic nitrogens is 3. The molecule has 2 rings (SSSR count). The van der Waals surface area contributed by atoms with Crippen molar-refractivity contribution in [3.05, 3.63) is 41.5 Å². The van der Waals surface area contributed by atoms with E-state index in [0.717, 1.165) is 11.4 Å². The van der Waals surface area contributed by atoms with Gasteiger partial charge >= 0.3 is 0 Å². The SMILES string of the molecule is Cc1cccc(Cn2cc(N)c(C(N)=O)n2)n1. The van der Waals surface area contributed by atoms with Crippen LogP contribution in [0.5, 0.6) is 0 Å². The molecule has 4 N–H and O–H groups in total. The molecule has 0 bridgehead atoms. The fraction of sp³-hybridized carbons (Fsp3) is 0.182. The van der Waals surface area contributed by atoms with Crippen LogP contribution in [0.25, 0.3) is 0 Å². The van der Waals surface area contributed by atoms with Crippen molar-refractivity contribution in [1.82, 2.24) is 14.8 Å². The van der Waals surface area contributed by atoms with E-state index < -0.39 is 5.91 Å². The van der Waals surface area contributed by atoms with Crippen molar-refractivity contribution in [2.45, 2.75) is 13.5 Å². The molecule has 2 heterocycles. The molecule has 0 aromatic carbocycles. The van der Waals surface area contributed by atoms with Crippen molar-refractivity contribution < 1.29 is 4.79 Å². The van der Waals surface area contributed by atoms with E-state index in [1.807, 2.05) is 25.1 Å². The minimum Gasteiger partial charge on any atom is -0.396 e. The van der Waals surface area contributed by atoms with E-state index in [1.54, 1.807) is 10.9 Å². The van der Waals surface area contributed by atoms with E-state index >= 15 is 0 Å². The third-order valence-corrected chi connectivity index (χ3v) is 2.29. The molecule has 0 saturated heterocycles. The van der Waals surface area contributed by atoms with Crippen molar-refractivity contribution >= 4 is 11.6 Å². The predicted octanol–water partition coefficient (Wildman–Crippen LogP) is 0.316. The van der Waals surface area contributed by atoms with Gasteiger partial charge in [-0.1, -0.05) is 6.07 Å². The van der Waals surface area contributed by atoms with Crippen LogP contribution in [0, 0.1) is 6.92 Å². The Labute approximate surface area is 98.3 Å². The number of rotatable bonds is 3. The van der Waals surface area contributed by atoms with Crippen LogP contribution in [0.4, 0.5) is 5.69 Å². The number of amides is 1. The van der Waals surface area contributed by atoms with Crippen LogP contribution < -0.4 is 11.5 Å². The molecule has 6 heteroatoms. The number of carbonyl (C=O) groups excluding carboxylic acids is 1. The van der Waals surface area contributed by atoms with Crippen molar-refractivity contribution in [1.29, 1.82) is 0 Å². The number of primary amides is 1. The average molecular weight is 231 g/mol. The number of nitrogens with zero attached hydrogens (tertiary/aromatic N) is 3. The van der Waals surface area contributed by atoms with E-state index in [1.165, 1.54) is 0 Å². The molecule has 0 saturated carbocycles. The van der Waals surface area contributed by atoms with Gasteiger partial charge in [-0.05, 0) is 19.1 Å². The Kier molecular flexibility index (Phi) is 2.78. The summed E-state index contributed by atoms with van der Waals surface area (Å²) in [6.07, 6.45) is 1.57. The number of pyridine rings is 1. The van der Waals surface area contributed by atoms with Gasteiger partial charge in [0.15, 0.2) is 5.69 Å². The molecule has 0 fully saturated rings. The van der Waals surface area contributed by atoms with Crippen molar-refractivity contribution in [2.75, 3.05) is 5.73 Å². The second-order valence-corrected chi connectivity index (χ2v) is 3.77. The second-order valence-electron chi connectivity index (χ2n) is 3.77. The summed E-state index contributed by atoms with van der Waals surface area (Å²) in [7, 11) is 0. The van der Waals surface area contributed by atoms with Crippen LogP contribution in [-0.4, -0.2) is 20.7 Å². The summed E-state index contributed by atoms with van der Waals surface area (Å²) in [5.41, 5.74) is 12.9. The van der Waals surface area contributed by atoms with Gasteiger partial charge in [0.1, 0.15) is 0 Å². The lowest BCUT2D eigenvalue weighted by Crippen LogP contribution is -2.14. The molecule has 0 aliphatic rings. The number of hydrogen-bond donors (Lipinski definition) is 2. The lowest BCUT2D eigenvalue weighted by Gasteiger charge is -2.01. The third-order valence-electron chi connectivity index (χ3n) is 2.29. The monoisotopic (exact) mass is 231 g/mol. The standard InChI is InChI=1S/C11H13N5O/c1-7-3-2-4-8(14-7)5-16-6-9(12)10(15-16)11(13)17/h2-4,6H,5,12H2,1H3,(H2,13,17). The Morgan fingerprint density at radius 1 is 1.47 bits per heavy atom. The molecule has 0 atom stereocenters. The molecular weight excluding hydrogens is 218 g/mol. The predicted molar refractivity (Wildman–Crippen MR) is 63.2 cm³/mol. The minimum absolute atomic E-state index is 0.0950. The summed E-state index contributed by atoms with van der Waals surface area (Å²) in [5, 5.41) is 4.01. The van der Waals surface area contributed by atoms with Crippen LogP contribution >= 0.6 is 0 Å². The molecule has 17 heavy (non-hydrogen) atoms. The van der Waals surface area contributed by atoms with Gasteiger partial charge in [0.2, 0.25) is 0 Å². The highest BCUT2D eigenvalue weighted by atomic mass is 16.1. The van der Waals surface area contributed by atoms with Crippen molar-refractivity contribution in [3.63, 3.8) is 0 Å². The molecule has 0 radical (unpaired) electrons. The molecule has 2 aromatic heterocycles. The minimum atomic E-state index is -0.626. The van der Waals surface area contributed by atoms with Crippen molar-refractivity contribution in [2.24, 2.45) is 5.73 Å². The highest BCUT2D eigenvalue weighted by molar-refractivity contribution is 5.95. The van der Waals surface area contributed by atoms with E-state index in [9.17, 15) is 4.79 Å². The smallest absolute Gasteiger partial charge is 0.271 e. The number of nitrogen functional groups attached to an aromatic ring is 1. The Morgan fingerprint density at radius 2 is 2.24 bits per heavy atom. The highest BCUT2D eigenvalue weighted by Gasteiger charge is 2.11. The first-order valence-corrected chi connectivity index (χ1v) is 5.11. The maximum absolute atomic E-state index is 11.0. The molecule has 0 spiro atoms. The average Bonchev–Trinajstić information content (AvgIpc) is 2.59. The molecule has 0 aliphatic heterocycles. The van der Waals surface area contributed by atoms with Gasteiger partial charge in [-0.2, -0.15) is 5.10 Å². The number of aryl methyl sites for hydroxylation is 1. The van der Waals surface area contributed by atoms with Crippen LogP contribution in [0.3, 0.4) is 0 Å². The fourth-order valence-corrected chi connectivity index (χ4v) is 1.56. The quantitative estimate of drug-likeness (QED) is 0.794. The van der Waals surface area contributed by atoms with Gasteiger partial charge in [0.05, 0.1) is 17.9 Å². The van der Waals surface area contributed by atoms with E-state index in [-0.39, 0.29) is 11.4 Å². The van der Waals surface area contributed by atoms with Gasteiger partial charge in [-0.25, -0.2) is 0 Å². The lowest BCUT2D eigenvalue weighted by atomic mass is 10.3. The number of nitrogens with two attached hydrogens (primary N) is 2. The topological polar surface area (TPSA) is 99.8 Å². The van der Waals surface area contributed by atoms with E-state index in [4.69, 9.17) is 11.5 Å². The summed E-state index contributed by atoms with van der Waals surface area (Å²) in [6.45, 7) is 2.37. The third kappa shape index (κ3) is 2.41. The Hall–Kier alpha value is -2.37. The maximum Gasteiger partial charge on any atom is 0.271 e. The Bertz CT molecular complexity index is 561. The number of carbonyl (C=O) groups is 1. The van der Waals surface area contributed by atoms with Gasteiger partial charge in [-0.3, -0.25) is 14.5 Å². The van der Waals surface area contributed by atoms with Crippen LogP contribution in [0.15, 0.2) is 24.4 Å². The highest BCUT2D eigenvalue weighted by Crippen LogP contribution is 2.09. The van der Waals surface area contributed by atoms with Gasteiger partial charge in [0, 0.05) is 11.9 Å². The first-order valence-electron chi connectivity index (χ1n) is 5.11. The molecule has 0 unspecified atom stereocenters. The van der Waals surface area contributed by atoms with Gasteiger partial charge < -0.3 is 11.5 Å². The summed E-state index contributed by atoms with van der Waals surface area (Å²) in [5.74, 6) is -0.626.